The van der Waals surface area contributed by atoms with Gasteiger partial charge in [-0.2, -0.15) is 10.2 Å². The number of halogens is 2. The first-order chi connectivity index (χ1) is 14.4. The molecule has 30 heavy (non-hydrogen) atoms. The lowest BCUT2D eigenvalue weighted by molar-refractivity contribution is 0.0351. The first-order valence-corrected chi connectivity index (χ1v) is 9.95. The minimum absolute atomic E-state index is 0.267. The Kier molecular flexibility index (Phi) is 4.44. The van der Waals surface area contributed by atoms with Crippen LogP contribution in [0.5, 0.6) is 0 Å². The van der Waals surface area contributed by atoms with E-state index in [1.165, 1.54) is 4.68 Å². The molecule has 0 unspecified atom stereocenters. The molecule has 0 bridgehead atoms. The van der Waals surface area contributed by atoms with Crippen molar-refractivity contribution in [2.24, 2.45) is 0 Å². The third-order valence-electron chi connectivity index (χ3n) is 5.44. The Morgan fingerprint density at radius 1 is 1.07 bits per heavy atom. The topological polar surface area (TPSA) is 84.9 Å². The monoisotopic (exact) mass is 427 g/mol. The highest BCUT2D eigenvalue weighted by Crippen LogP contribution is 2.35. The van der Waals surface area contributed by atoms with E-state index in [4.69, 9.17) is 11.6 Å². The van der Waals surface area contributed by atoms with E-state index in [2.05, 4.69) is 25.1 Å². The average Bonchev–Trinajstić information content (AvgIpc) is 3.35. The van der Waals surface area contributed by atoms with Crippen LogP contribution in [0.15, 0.2) is 43.1 Å². The van der Waals surface area contributed by atoms with Crippen LogP contribution in [0, 0.1) is 5.82 Å². The van der Waals surface area contributed by atoms with Gasteiger partial charge in [0.2, 0.25) is 0 Å². The van der Waals surface area contributed by atoms with E-state index in [0.717, 1.165) is 42.1 Å². The molecule has 8 nitrogen and oxygen atoms in total. The van der Waals surface area contributed by atoms with E-state index < -0.39 is 11.4 Å². The van der Waals surface area contributed by atoms with Crippen molar-refractivity contribution in [2.45, 2.75) is 25.4 Å². The Labute approximate surface area is 176 Å². The number of nitrogens with zero attached hydrogens (tertiary/aromatic N) is 7. The lowest BCUT2D eigenvalue weighted by Gasteiger charge is -2.37. The van der Waals surface area contributed by atoms with Gasteiger partial charge in [0.1, 0.15) is 5.69 Å². The molecule has 0 amide bonds. The van der Waals surface area contributed by atoms with E-state index in [0.29, 0.717) is 23.6 Å². The number of piperidine rings is 1. The number of aromatic nitrogens is 6. The molecule has 0 spiro atoms. The maximum Gasteiger partial charge on any atom is 0.250 e. The van der Waals surface area contributed by atoms with Crippen molar-refractivity contribution in [2.75, 3.05) is 18.0 Å². The van der Waals surface area contributed by atoms with Crippen molar-refractivity contribution in [1.82, 2.24) is 29.5 Å². The molecule has 0 radical (unpaired) electrons. The molecule has 1 aromatic carbocycles. The van der Waals surface area contributed by atoms with Crippen molar-refractivity contribution < 1.29 is 9.50 Å². The Hall–Kier alpha value is -3.04. The summed E-state index contributed by atoms with van der Waals surface area (Å²) in [5.74, 6) is -0.240. The van der Waals surface area contributed by atoms with E-state index in [1.807, 2.05) is 19.1 Å². The third-order valence-corrected chi connectivity index (χ3v) is 5.75. The summed E-state index contributed by atoms with van der Waals surface area (Å²) in [5.41, 5.74) is 1.88. The van der Waals surface area contributed by atoms with Crippen LogP contribution in [0.25, 0.3) is 22.5 Å². The highest BCUT2D eigenvalue weighted by molar-refractivity contribution is 6.34. The third kappa shape index (κ3) is 3.40. The first kappa shape index (κ1) is 19.0. The van der Waals surface area contributed by atoms with Crippen LogP contribution in [0.4, 0.5) is 10.1 Å². The zero-order chi connectivity index (χ0) is 20.9. The summed E-state index contributed by atoms with van der Waals surface area (Å²) < 4.78 is 16.3. The second kappa shape index (κ2) is 7.03. The highest BCUT2D eigenvalue weighted by Gasteiger charge is 2.28. The summed E-state index contributed by atoms with van der Waals surface area (Å²) in [5, 5.41) is 20.5. The highest BCUT2D eigenvalue weighted by atomic mass is 35.5. The summed E-state index contributed by atoms with van der Waals surface area (Å²) in [4.78, 5) is 10.1. The Balaban J connectivity index is 1.51. The number of hydrogen-bond acceptors (Lipinski definition) is 6. The molecule has 5 rings (SSSR count). The molecule has 1 aliphatic heterocycles. The molecule has 1 aliphatic rings. The van der Waals surface area contributed by atoms with Gasteiger partial charge in [0, 0.05) is 18.5 Å². The standard InChI is InChI=1S/C20H19ClFN7O/c1-20(30)2-4-27(5-3-20)18-7-17-13(6-16(18)21)8-26-29(17)15-11-25-28(12-15)19-23-9-14(22)10-24-19/h6-12,30H,2-5H2,1H3. The Morgan fingerprint density at radius 3 is 2.53 bits per heavy atom. The molecule has 10 heteroatoms. The summed E-state index contributed by atoms with van der Waals surface area (Å²) in [6.45, 7) is 3.32. The van der Waals surface area contributed by atoms with Crippen LogP contribution in [0.3, 0.4) is 0 Å². The van der Waals surface area contributed by atoms with E-state index in [1.54, 1.807) is 23.3 Å². The predicted octanol–water partition coefficient (Wildman–Crippen LogP) is 3.14. The lowest BCUT2D eigenvalue weighted by atomic mass is 9.93. The number of hydrogen-bond donors (Lipinski definition) is 1. The Morgan fingerprint density at radius 2 is 1.80 bits per heavy atom. The molecular formula is C20H19ClFN7O. The minimum atomic E-state index is -0.633. The van der Waals surface area contributed by atoms with Gasteiger partial charge < -0.3 is 10.0 Å². The molecule has 1 saturated heterocycles. The number of benzene rings is 1. The zero-order valence-corrected chi connectivity index (χ0v) is 17.0. The molecule has 1 N–H and O–H groups in total. The van der Waals surface area contributed by atoms with Crippen LogP contribution in [0.2, 0.25) is 5.02 Å². The number of fused-ring (bicyclic) bond motifs is 1. The fourth-order valence-corrected chi connectivity index (χ4v) is 3.96. The van der Waals surface area contributed by atoms with E-state index in [-0.39, 0.29) is 5.95 Å². The van der Waals surface area contributed by atoms with Gasteiger partial charge in [0.15, 0.2) is 5.82 Å². The van der Waals surface area contributed by atoms with Gasteiger partial charge >= 0.3 is 0 Å². The van der Waals surface area contributed by atoms with Crippen molar-refractivity contribution in [3.05, 3.63) is 54.0 Å². The van der Waals surface area contributed by atoms with Crippen LogP contribution in [-0.4, -0.2) is 53.3 Å². The fourth-order valence-electron chi connectivity index (χ4n) is 3.67. The molecule has 4 aromatic rings. The largest absolute Gasteiger partial charge is 0.390 e. The Bertz CT molecular complexity index is 1210. The number of anilines is 1. The summed E-state index contributed by atoms with van der Waals surface area (Å²) >= 11 is 6.55. The molecule has 154 valence electrons. The molecule has 0 aliphatic carbocycles. The summed E-state index contributed by atoms with van der Waals surface area (Å²) in [7, 11) is 0. The fraction of sp³-hybridized carbons (Fsp3) is 0.300. The lowest BCUT2D eigenvalue weighted by Crippen LogP contribution is -2.42. The minimum Gasteiger partial charge on any atom is -0.390 e. The first-order valence-electron chi connectivity index (χ1n) is 9.57. The molecule has 3 aromatic heterocycles. The van der Waals surface area contributed by atoms with E-state index >= 15 is 0 Å². The van der Waals surface area contributed by atoms with Crippen molar-refractivity contribution in [1.29, 1.82) is 0 Å². The molecule has 4 heterocycles. The van der Waals surface area contributed by atoms with Crippen LogP contribution >= 0.6 is 11.6 Å². The summed E-state index contributed by atoms with van der Waals surface area (Å²) in [6, 6.07) is 3.91. The number of rotatable bonds is 3. The van der Waals surface area contributed by atoms with Crippen molar-refractivity contribution in [3.63, 3.8) is 0 Å². The van der Waals surface area contributed by atoms with Gasteiger partial charge in [-0.15, -0.1) is 0 Å². The second-order valence-electron chi connectivity index (χ2n) is 7.75. The maximum absolute atomic E-state index is 13.1. The van der Waals surface area contributed by atoms with Crippen LogP contribution < -0.4 is 4.90 Å². The molecule has 1 fully saturated rings. The number of aliphatic hydroxyl groups is 1. The van der Waals surface area contributed by atoms with Gasteiger partial charge in [-0.05, 0) is 31.9 Å². The average molecular weight is 428 g/mol. The van der Waals surface area contributed by atoms with Gasteiger partial charge in [0.25, 0.3) is 5.95 Å². The molecule has 0 saturated carbocycles. The van der Waals surface area contributed by atoms with Crippen molar-refractivity contribution in [3.8, 4) is 11.6 Å². The smallest absolute Gasteiger partial charge is 0.250 e. The quantitative estimate of drug-likeness (QED) is 0.540. The van der Waals surface area contributed by atoms with E-state index in [9.17, 15) is 9.50 Å². The van der Waals surface area contributed by atoms with Gasteiger partial charge in [-0.3, -0.25) is 0 Å². The summed E-state index contributed by atoms with van der Waals surface area (Å²) in [6.07, 6.45) is 8.68. The van der Waals surface area contributed by atoms with Crippen molar-refractivity contribution >= 4 is 28.2 Å². The second-order valence-corrected chi connectivity index (χ2v) is 8.15. The normalized spacial score (nSPS) is 16.3. The van der Waals surface area contributed by atoms with Gasteiger partial charge in [0.05, 0.1) is 52.8 Å². The maximum atomic E-state index is 13.1. The van der Waals surface area contributed by atoms with Gasteiger partial charge in [-0.25, -0.2) is 23.7 Å². The predicted molar refractivity (Wildman–Crippen MR) is 111 cm³/mol. The van der Waals surface area contributed by atoms with Crippen LogP contribution in [0.1, 0.15) is 19.8 Å². The molecular weight excluding hydrogens is 409 g/mol. The SMILES string of the molecule is CC1(O)CCN(c2cc3c(cnn3-c3cnn(-c4ncc(F)cn4)c3)cc2Cl)CC1. The van der Waals surface area contributed by atoms with Gasteiger partial charge in [-0.1, -0.05) is 11.6 Å². The van der Waals surface area contributed by atoms with Crippen LogP contribution in [-0.2, 0) is 0 Å². The zero-order valence-electron chi connectivity index (χ0n) is 16.2. The molecule has 0 atom stereocenters.